The van der Waals surface area contributed by atoms with E-state index in [9.17, 15) is 14.4 Å². The molecule has 1 aliphatic heterocycles. The van der Waals surface area contributed by atoms with Gasteiger partial charge in [-0.25, -0.2) is 19.6 Å². The Morgan fingerprint density at radius 3 is 2.35 bits per heavy atom. The van der Waals surface area contributed by atoms with E-state index >= 15 is 0 Å². The Bertz CT molecular complexity index is 1600. The molecule has 0 radical (unpaired) electrons. The standard InChI is InChI=1S/C32H35N5O6/c1-5-41-31(40)43-25-16-23(17-37(25)29(38)32(2,3)4)36-18-24(22-14-10-7-11-15-22)26-27(33-20-34-28(26)36)35-30(39)42-19-21-12-8-6-9-13-21/h6-15,18,20,23,25H,5,16-17,19H2,1-4H3,(H,33,34,35,39)/t23-,25-/m1/s1. The largest absolute Gasteiger partial charge is 0.510 e. The van der Waals surface area contributed by atoms with Crippen LogP contribution in [-0.2, 0) is 25.6 Å². The van der Waals surface area contributed by atoms with Crippen molar-refractivity contribution in [3.05, 3.63) is 78.8 Å². The van der Waals surface area contributed by atoms with Crippen molar-refractivity contribution in [1.82, 2.24) is 19.4 Å². The van der Waals surface area contributed by atoms with E-state index in [0.29, 0.717) is 23.3 Å². The van der Waals surface area contributed by atoms with Gasteiger partial charge in [0.05, 0.1) is 18.0 Å². The minimum atomic E-state index is -0.829. The highest BCUT2D eigenvalue weighted by atomic mass is 16.7. The Morgan fingerprint density at radius 1 is 0.977 bits per heavy atom. The van der Waals surface area contributed by atoms with Crippen LogP contribution >= 0.6 is 0 Å². The second-order valence-corrected chi connectivity index (χ2v) is 11.3. The zero-order valence-electron chi connectivity index (χ0n) is 24.6. The first kappa shape index (κ1) is 29.6. The minimum absolute atomic E-state index is 0.106. The van der Waals surface area contributed by atoms with Crippen LogP contribution in [-0.4, -0.2) is 57.0 Å². The second kappa shape index (κ2) is 12.5. The second-order valence-electron chi connectivity index (χ2n) is 11.3. The van der Waals surface area contributed by atoms with Crippen LogP contribution in [0.5, 0.6) is 0 Å². The van der Waals surface area contributed by atoms with Crippen molar-refractivity contribution in [2.45, 2.75) is 53.0 Å². The lowest BCUT2D eigenvalue weighted by molar-refractivity contribution is -0.147. The number of likely N-dealkylation sites (tertiary alicyclic amines) is 1. The molecule has 2 atom stereocenters. The van der Waals surface area contributed by atoms with Crippen LogP contribution in [0.3, 0.4) is 0 Å². The summed E-state index contributed by atoms with van der Waals surface area (Å²) in [5, 5.41) is 3.41. The third-order valence-corrected chi connectivity index (χ3v) is 7.15. The quantitative estimate of drug-likeness (QED) is 0.256. The van der Waals surface area contributed by atoms with Gasteiger partial charge in [0.15, 0.2) is 6.23 Å². The van der Waals surface area contributed by atoms with Gasteiger partial charge in [-0.2, -0.15) is 0 Å². The van der Waals surface area contributed by atoms with E-state index in [4.69, 9.17) is 14.2 Å². The number of benzene rings is 2. The Hall–Kier alpha value is -4.93. The highest BCUT2D eigenvalue weighted by Gasteiger charge is 2.43. The number of aromatic nitrogens is 3. The Kier molecular flexibility index (Phi) is 8.61. The van der Waals surface area contributed by atoms with Crippen molar-refractivity contribution >= 4 is 35.0 Å². The lowest BCUT2D eigenvalue weighted by Gasteiger charge is -2.30. The van der Waals surface area contributed by atoms with Crippen molar-refractivity contribution in [1.29, 1.82) is 0 Å². The number of amides is 2. The first-order valence-electron chi connectivity index (χ1n) is 14.2. The molecule has 1 N–H and O–H groups in total. The first-order valence-corrected chi connectivity index (χ1v) is 14.2. The molecular weight excluding hydrogens is 550 g/mol. The molecule has 2 amide bonds. The van der Waals surface area contributed by atoms with Gasteiger partial charge in [-0.1, -0.05) is 81.4 Å². The monoisotopic (exact) mass is 585 g/mol. The molecule has 1 saturated heterocycles. The van der Waals surface area contributed by atoms with Crippen molar-refractivity contribution in [2.75, 3.05) is 18.5 Å². The third-order valence-electron chi connectivity index (χ3n) is 7.15. The van der Waals surface area contributed by atoms with Crippen molar-refractivity contribution < 1.29 is 28.6 Å². The van der Waals surface area contributed by atoms with E-state index in [-0.39, 0.29) is 31.7 Å². The first-order chi connectivity index (χ1) is 20.7. The Balaban J connectivity index is 1.51. The molecule has 3 heterocycles. The summed E-state index contributed by atoms with van der Waals surface area (Å²) in [6.07, 6.45) is 1.34. The molecule has 0 unspecified atom stereocenters. The van der Waals surface area contributed by atoms with Gasteiger partial charge in [0, 0.05) is 30.1 Å². The summed E-state index contributed by atoms with van der Waals surface area (Å²) in [4.78, 5) is 49.1. The summed E-state index contributed by atoms with van der Waals surface area (Å²) in [5.74, 6) is 0.141. The normalized spacial score (nSPS) is 16.6. The predicted octanol–water partition coefficient (Wildman–Crippen LogP) is 6.17. The van der Waals surface area contributed by atoms with Crippen molar-refractivity contribution in [3.8, 4) is 11.1 Å². The highest BCUT2D eigenvalue weighted by Crippen LogP contribution is 2.39. The van der Waals surface area contributed by atoms with E-state index in [1.54, 1.807) is 11.8 Å². The van der Waals surface area contributed by atoms with Crippen LogP contribution < -0.4 is 5.32 Å². The summed E-state index contributed by atoms with van der Waals surface area (Å²) < 4.78 is 18.0. The van der Waals surface area contributed by atoms with Gasteiger partial charge in [-0.05, 0) is 18.1 Å². The number of hydrogen-bond acceptors (Lipinski definition) is 8. The van der Waals surface area contributed by atoms with Crippen LogP contribution in [0.2, 0.25) is 0 Å². The maximum atomic E-state index is 13.4. The van der Waals surface area contributed by atoms with Crippen molar-refractivity contribution in [3.63, 3.8) is 0 Å². The summed E-state index contributed by atoms with van der Waals surface area (Å²) in [6.45, 7) is 7.71. The van der Waals surface area contributed by atoms with E-state index in [2.05, 4.69) is 15.3 Å². The molecule has 2 aromatic heterocycles. The molecule has 0 spiro atoms. The van der Waals surface area contributed by atoms with Crippen LogP contribution in [0.15, 0.2) is 73.2 Å². The summed E-state index contributed by atoms with van der Waals surface area (Å²) in [6, 6.07) is 18.8. The summed E-state index contributed by atoms with van der Waals surface area (Å²) in [5.41, 5.74) is 2.40. The zero-order chi connectivity index (χ0) is 30.6. The maximum absolute atomic E-state index is 13.4. The molecule has 5 rings (SSSR count). The molecular formula is C32H35N5O6. The zero-order valence-corrected chi connectivity index (χ0v) is 24.6. The van der Waals surface area contributed by atoms with Crippen LogP contribution in [0.25, 0.3) is 22.2 Å². The van der Waals surface area contributed by atoms with Gasteiger partial charge in [0.2, 0.25) is 5.91 Å². The van der Waals surface area contributed by atoms with E-state index < -0.39 is 23.9 Å². The maximum Gasteiger partial charge on any atom is 0.510 e. The fourth-order valence-corrected chi connectivity index (χ4v) is 5.15. The van der Waals surface area contributed by atoms with Crippen molar-refractivity contribution in [2.24, 2.45) is 5.41 Å². The molecule has 4 aromatic rings. The predicted molar refractivity (Wildman–Crippen MR) is 160 cm³/mol. The van der Waals surface area contributed by atoms with Crippen LogP contribution in [0, 0.1) is 5.41 Å². The van der Waals surface area contributed by atoms with Gasteiger partial charge in [0.1, 0.15) is 24.4 Å². The fraction of sp³-hybridized carbons (Fsp3) is 0.344. The molecule has 224 valence electrons. The summed E-state index contributed by atoms with van der Waals surface area (Å²) >= 11 is 0. The number of rotatable bonds is 7. The lowest BCUT2D eigenvalue weighted by Crippen LogP contribution is -2.44. The molecule has 0 saturated carbocycles. The molecule has 2 aromatic carbocycles. The smallest absolute Gasteiger partial charge is 0.444 e. The SMILES string of the molecule is CCOC(=O)O[C@@H]1C[C@@H](n2cc(-c3ccccc3)c3c(NC(=O)OCc4ccccc4)ncnc32)CN1C(=O)C(C)(C)C. The number of carbonyl (C=O) groups is 3. The van der Waals surface area contributed by atoms with Gasteiger partial charge in [-0.3, -0.25) is 10.1 Å². The molecule has 11 nitrogen and oxygen atoms in total. The van der Waals surface area contributed by atoms with Gasteiger partial charge < -0.3 is 23.7 Å². The molecule has 11 heteroatoms. The number of nitrogens with zero attached hydrogens (tertiary/aromatic N) is 4. The highest BCUT2D eigenvalue weighted by molar-refractivity contribution is 6.05. The van der Waals surface area contributed by atoms with Crippen LogP contribution in [0.1, 0.15) is 45.7 Å². The van der Waals surface area contributed by atoms with Gasteiger partial charge in [0.25, 0.3) is 0 Å². The van der Waals surface area contributed by atoms with Gasteiger partial charge in [-0.15, -0.1) is 0 Å². The average molecular weight is 586 g/mol. The van der Waals surface area contributed by atoms with Gasteiger partial charge >= 0.3 is 12.2 Å². The number of nitrogens with one attached hydrogen (secondary N) is 1. The molecule has 0 aliphatic carbocycles. The number of hydrogen-bond donors (Lipinski definition) is 1. The molecule has 0 bridgehead atoms. The molecule has 1 fully saturated rings. The fourth-order valence-electron chi connectivity index (χ4n) is 5.15. The van der Waals surface area contributed by atoms with E-state index in [1.807, 2.05) is 92.2 Å². The Labute approximate surface area is 249 Å². The third kappa shape index (κ3) is 6.61. The van der Waals surface area contributed by atoms with E-state index in [0.717, 1.165) is 16.7 Å². The number of anilines is 1. The minimum Gasteiger partial charge on any atom is -0.444 e. The average Bonchev–Trinajstić information content (AvgIpc) is 3.58. The number of carbonyl (C=O) groups excluding carboxylic acids is 3. The number of ether oxygens (including phenoxy) is 3. The molecule has 43 heavy (non-hydrogen) atoms. The molecule has 1 aliphatic rings. The Morgan fingerprint density at radius 2 is 1.67 bits per heavy atom. The topological polar surface area (TPSA) is 125 Å². The lowest BCUT2D eigenvalue weighted by atomic mass is 9.95. The van der Waals surface area contributed by atoms with E-state index in [1.165, 1.54) is 6.33 Å². The number of fused-ring (bicyclic) bond motifs is 1. The van der Waals surface area contributed by atoms with Crippen LogP contribution in [0.4, 0.5) is 15.4 Å². The summed E-state index contributed by atoms with van der Waals surface area (Å²) in [7, 11) is 0.